The van der Waals surface area contributed by atoms with Gasteiger partial charge in [0.05, 0.1) is 6.20 Å². The van der Waals surface area contributed by atoms with Gasteiger partial charge in [0.15, 0.2) is 5.03 Å². The number of aromatic amines is 1. The van der Waals surface area contributed by atoms with Gasteiger partial charge in [0, 0.05) is 6.07 Å². The Labute approximate surface area is 113 Å². The van der Waals surface area contributed by atoms with Gasteiger partial charge in [-0.25, -0.2) is 9.97 Å². The normalized spacial score (nSPS) is 11.5. The van der Waals surface area contributed by atoms with Crippen LogP contribution < -0.4 is 4.72 Å². The molecular formula is C8H7Cl2N5O2S. The van der Waals surface area contributed by atoms with Crippen LogP contribution in [0, 0.1) is 6.92 Å². The molecule has 0 radical (unpaired) electrons. The van der Waals surface area contributed by atoms with E-state index in [1.165, 1.54) is 12.3 Å². The van der Waals surface area contributed by atoms with Crippen molar-refractivity contribution in [3.63, 3.8) is 0 Å². The van der Waals surface area contributed by atoms with Crippen molar-refractivity contribution in [1.82, 2.24) is 19.9 Å². The fourth-order valence-corrected chi connectivity index (χ4v) is 2.54. The molecular weight excluding hydrogens is 301 g/mol. The van der Waals surface area contributed by atoms with Crippen molar-refractivity contribution < 1.29 is 8.42 Å². The number of rotatable bonds is 3. The van der Waals surface area contributed by atoms with Gasteiger partial charge >= 0.3 is 0 Å². The number of hydrogen-bond donors (Lipinski definition) is 2. The van der Waals surface area contributed by atoms with Crippen LogP contribution in [-0.2, 0) is 10.0 Å². The van der Waals surface area contributed by atoms with E-state index in [0.29, 0.717) is 5.82 Å². The molecule has 0 saturated heterocycles. The lowest BCUT2D eigenvalue weighted by molar-refractivity contribution is 0.598. The van der Waals surface area contributed by atoms with E-state index in [1.54, 1.807) is 6.92 Å². The van der Waals surface area contributed by atoms with E-state index < -0.39 is 10.0 Å². The molecule has 0 bridgehead atoms. The van der Waals surface area contributed by atoms with Crippen molar-refractivity contribution in [3.8, 4) is 0 Å². The van der Waals surface area contributed by atoms with E-state index in [9.17, 15) is 8.42 Å². The number of nitrogens with one attached hydrogen (secondary N) is 2. The average Bonchev–Trinajstić information content (AvgIpc) is 2.62. The van der Waals surface area contributed by atoms with Gasteiger partial charge in [-0.1, -0.05) is 11.6 Å². The van der Waals surface area contributed by atoms with E-state index in [2.05, 4.69) is 24.7 Å². The highest BCUT2D eigenvalue weighted by atomic mass is 35.5. The van der Waals surface area contributed by atoms with Crippen molar-refractivity contribution in [2.45, 2.75) is 11.9 Å². The third-order valence-corrected chi connectivity index (χ3v) is 3.50. The van der Waals surface area contributed by atoms with Crippen LogP contribution in [0.15, 0.2) is 17.3 Å². The highest BCUT2D eigenvalue weighted by Gasteiger charge is 2.18. The predicted octanol–water partition coefficient (Wildman–Crippen LogP) is 1.62. The topological polar surface area (TPSA) is 101 Å². The average molecular weight is 308 g/mol. The fraction of sp³-hybridized carbons (Fsp3) is 0.125. The second-order valence-corrected chi connectivity index (χ2v) is 5.66. The second kappa shape index (κ2) is 4.71. The Bertz CT molecular complexity index is 664. The van der Waals surface area contributed by atoms with Crippen LogP contribution in [0.2, 0.25) is 10.4 Å². The van der Waals surface area contributed by atoms with E-state index in [-0.39, 0.29) is 21.3 Å². The lowest BCUT2D eigenvalue weighted by Gasteiger charge is -2.05. The SMILES string of the molecule is Cc1ncc(S(=O)(=O)Nc2cc(Cl)nc(Cl)n2)[nH]1. The van der Waals surface area contributed by atoms with E-state index in [4.69, 9.17) is 23.2 Å². The number of H-pyrrole nitrogens is 1. The minimum atomic E-state index is -3.80. The van der Waals surface area contributed by atoms with Gasteiger partial charge in [0.1, 0.15) is 16.8 Å². The lowest BCUT2D eigenvalue weighted by Crippen LogP contribution is -2.14. The number of hydrogen-bond acceptors (Lipinski definition) is 5. The Morgan fingerprint density at radius 1 is 1.33 bits per heavy atom. The molecule has 0 saturated carbocycles. The van der Waals surface area contributed by atoms with Crippen LogP contribution in [0.25, 0.3) is 0 Å². The number of aromatic nitrogens is 4. The summed E-state index contributed by atoms with van der Waals surface area (Å²) >= 11 is 11.2. The second-order valence-electron chi connectivity index (χ2n) is 3.28. The van der Waals surface area contributed by atoms with E-state index >= 15 is 0 Å². The Hall–Kier alpha value is -1.38. The van der Waals surface area contributed by atoms with Gasteiger partial charge in [-0.15, -0.1) is 0 Å². The Balaban J connectivity index is 2.33. The molecule has 0 aliphatic carbocycles. The van der Waals surface area contributed by atoms with Crippen LogP contribution in [0.4, 0.5) is 5.82 Å². The molecule has 0 amide bonds. The standard InChI is InChI=1S/C8H7Cl2N5O2S/c1-4-11-3-7(12-4)18(16,17)15-6-2-5(9)13-8(10)14-6/h2-3H,1H3,(H,11,12)(H,13,14,15). The van der Waals surface area contributed by atoms with Gasteiger partial charge in [-0.3, -0.25) is 4.72 Å². The largest absolute Gasteiger partial charge is 0.332 e. The fourth-order valence-electron chi connectivity index (χ4n) is 1.17. The first-order chi connectivity index (χ1) is 8.37. The Kier molecular flexibility index (Phi) is 3.42. The zero-order chi connectivity index (χ0) is 13.3. The van der Waals surface area contributed by atoms with Gasteiger partial charge < -0.3 is 4.98 Å². The summed E-state index contributed by atoms with van der Waals surface area (Å²) in [5.41, 5.74) is 0. The Morgan fingerprint density at radius 2 is 2.06 bits per heavy atom. The first kappa shape index (κ1) is 13.1. The molecule has 0 aliphatic heterocycles. The molecule has 0 spiro atoms. The molecule has 2 rings (SSSR count). The highest BCUT2D eigenvalue weighted by molar-refractivity contribution is 7.92. The van der Waals surface area contributed by atoms with Crippen LogP contribution in [0.3, 0.4) is 0 Å². The van der Waals surface area contributed by atoms with Crippen molar-refractivity contribution in [1.29, 1.82) is 0 Å². The zero-order valence-corrected chi connectivity index (χ0v) is 11.3. The first-order valence-electron chi connectivity index (χ1n) is 4.61. The molecule has 0 unspecified atom stereocenters. The summed E-state index contributed by atoms with van der Waals surface area (Å²) in [6.45, 7) is 1.64. The third kappa shape index (κ3) is 2.89. The number of anilines is 1. The van der Waals surface area contributed by atoms with Crippen LogP contribution in [0.1, 0.15) is 5.82 Å². The van der Waals surface area contributed by atoms with E-state index in [0.717, 1.165) is 0 Å². The number of halogens is 2. The summed E-state index contributed by atoms with van der Waals surface area (Å²) in [7, 11) is -3.80. The monoisotopic (exact) mass is 307 g/mol. The Morgan fingerprint density at radius 3 is 2.61 bits per heavy atom. The maximum Gasteiger partial charge on any atom is 0.280 e. The molecule has 2 N–H and O–H groups in total. The summed E-state index contributed by atoms with van der Waals surface area (Å²) in [6, 6.07) is 1.24. The predicted molar refractivity (Wildman–Crippen MR) is 66.2 cm³/mol. The quantitative estimate of drug-likeness (QED) is 0.663. The molecule has 0 aliphatic rings. The molecule has 2 aromatic rings. The number of nitrogens with zero attached hydrogens (tertiary/aromatic N) is 3. The molecule has 0 fully saturated rings. The van der Waals surface area contributed by atoms with Crippen molar-refractivity contribution in [2.24, 2.45) is 0 Å². The molecule has 0 atom stereocenters. The van der Waals surface area contributed by atoms with Crippen LogP contribution in [-0.4, -0.2) is 28.4 Å². The summed E-state index contributed by atoms with van der Waals surface area (Å²) in [6.07, 6.45) is 1.20. The van der Waals surface area contributed by atoms with Gasteiger partial charge in [-0.2, -0.15) is 13.4 Å². The maximum atomic E-state index is 11.9. The number of aryl methyl sites for hydroxylation is 1. The van der Waals surface area contributed by atoms with Gasteiger partial charge in [0.2, 0.25) is 5.28 Å². The summed E-state index contributed by atoms with van der Waals surface area (Å²) in [4.78, 5) is 13.7. The van der Waals surface area contributed by atoms with E-state index in [1.807, 2.05) is 0 Å². The van der Waals surface area contributed by atoms with Crippen LogP contribution in [0.5, 0.6) is 0 Å². The third-order valence-electron chi connectivity index (χ3n) is 1.88. The molecule has 10 heteroatoms. The summed E-state index contributed by atoms with van der Waals surface area (Å²) in [5, 5.41) is -0.194. The van der Waals surface area contributed by atoms with Crippen molar-refractivity contribution in [2.75, 3.05) is 4.72 Å². The molecule has 2 heterocycles. The first-order valence-corrected chi connectivity index (χ1v) is 6.85. The maximum absolute atomic E-state index is 11.9. The van der Waals surface area contributed by atoms with Crippen molar-refractivity contribution >= 4 is 39.0 Å². The smallest absolute Gasteiger partial charge is 0.280 e. The minimum absolute atomic E-state index is 0.0211. The minimum Gasteiger partial charge on any atom is -0.332 e. The number of sulfonamides is 1. The van der Waals surface area contributed by atoms with Gasteiger partial charge in [-0.05, 0) is 18.5 Å². The summed E-state index contributed by atoms with van der Waals surface area (Å²) in [5.74, 6) is 0.460. The molecule has 2 aromatic heterocycles. The molecule has 18 heavy (non-hydrogen) atoms. The lowest BCUT2D eigenvalue weighted by atomic mass is 10.6. The van der Waals surface area contributed by atoms with Crippen LogP contribution >= 0.6 is 23.2 Å². The summed E-state index contributed by atoms with van der Waals surface area (Å²) < 4.78 is 26.0. The van der Waals surface area contributed by atoms with Crippen molar-refractivity contribution in [3.05, 3.63) is 28.5 Å². The molecule has 0 aromatic carbocycles. The van der Waals surface area contributed by atoms with Gasteiger partial charge in [0.25, 0.3) is 10.0 Å². The number of imidazole rings is 1. The molecule has 7 nitrogen and oxygen atoms in total. The molecule has 96 valence electrons. The highest BCUT2D eigenvalue weighted by Crippen LogP contribution is 2.17. The zero-order valence-electron chi connectivity index (χ0n) is 8.98.